The number of rotatable bonds is 2. The van der Waals surface area contributed by atoms with Gasteiger partial charge < -0.3 is 31.5 Å². The van der Waals surface area contributed by atoms with Crippen molar-refractivity contribution >= 4 is 28.9 Å². The number of Topliss-reactive ketones (excluding diaryl/α,β-unsaturated/α-hetero) is 2. The van der Waals surface area contributed by atoms with E-state index in [1.165, 1.54) is 4.90 Å². The van der Waals surface area contributed by atoms with E-state index in [1.54, 1.807) is 14.1 Å². The van der Waals surface area contributed by atoms with E-state index in [0.717, 1.165) is 18.4 Å². The number of nitrogens with zero attached hydrogens (tertiary/aromatic N) is 1. The van der Waals surface area contributed by atoms with Crippen molar-refractivity contribution in [2.75, 3.05) is 26.0 Å². The maximum atomic E-state index is 13.7. The lowest BCUT2D eigenvalue weighted by atomic mass is 9.57. The van der Waals surface area contributed by atoms with Crippen molar-refractivity contribution in [1.82, 2.24) is 4.90 Å². The number of aliphatic hydroxyl groups excluding tert-OH is 2. The Hall–Kier alpha value is -3.37. The molecule has 0 aromatic heterocycles. The van der Waals surface area contributed by atoms with E-state index in [4.69, 9.17) is 5.73 Å². The molecule has 1 aromatic rings. The number of aryl methyl sites for hydroxylation is 1. The maximum Gasteiger partial charge on any atom is 0.255 e. The number of carbonyl (C=O) groups excluding carboxylic acids is 3. The number of phenols is 1. The lowest BCUT2D eigenvalue weighted by molar-refractivity contribution is -0.153. The summed E-state index contributed by atoms with van der Waals surface area (Å²) in [6.45, 7) is 0.661. The highest BCUT2D eigenvalue weighted by atomic mass is 16.3. The molecule has 0 spiro atoms. The van der Waals surface area contributed by atoms with Crippen LogP contribution in [0.15, 0.2) is 23.0 Å². The average Bonchev–Trinajstić information content (AvgIpc) is 2.76. The summed E-state index contributed by atoms with van der Waals surface area (Å²) in [5.41, 5.74) is 3.96. The molecule has 10 heteroatoms. The van der Waals surface area contributed by atoms with Crippen molar-refractivity contribution in [3.63, 3.8) is 0 Å². The quantitative estimate of drug-likeness (QED) is 0.263. The van der Waals surface area contributed by atoms with Gasteiger partial charge in [0, 0.05) is 18.0 Å². The molecule has 0 unspecified atom stereocenters. The zero-order valence-electron chi connectivity index (χ0n) is 18.9. The molecule has 0 bridgehead atoms. The van der Waals surface area contributed by atoms with Gasteiger partial charge in [-0.25, -0.2) is 0 Å². The molecule has 7 N–H and O–H groups in total. The fourth-order valence-corrected chi connectivity index (χ4v) is 6.25. The normalized spacial score (nSPS) is 30.4. The Kier molecular flexibility index (Phi) is 4.82. The van der Waals surface area contributed by atoms with E-state index in [-0.39, 0.29) is 23.3 Å². The Morgan fingerprint density at radius 1 is 1.21 bits per heavy atom. The standard InChI is InChI=1S/C24H27N3O7/c1-27(2)17-12-8-11-7-10-6-9-4-3-5-26-16(9)19(29)13(10)18(28)14(11)21(31)24(12,34)22(32)15(20(17)30)23(25)33/h6,11-12,17,26,28-29,32,34H,3-5,7-8H2,1-2H3,(H2,25,33)/t11-,12-,17-,24-/m0/s1. The van der Waals surface area contributed by atoms with Crippen LogP contribution in [0.5, 0.6) is 5.75 Å². The molecule has 1 aromatic carbocycles. The zero-order valence-corrected chi connectivity index (χ0v) is 18.9. The number of anilines is 1. The number of nitrogens with two attached hydrogens (primary N) is 1. The zero-order chi connectivity index (χ0) is 24.7. The Morgan fingerprint density at radius 3 is 2.56 bits per heavy atom. The minimum atomic E-state index is -2.62. The fraction of sp³-hybridized carbons (Fsp3) is 0.458. The summed E-state index contributed by atoms with van der Waals surface area (Å²) < 4.78 is 0. The lowest BCUT2D eigenvalue weighted by Gasteiger charge is -2.50. The van der Waals surface area contributed by atoms with Crippen LogP contribution in [0.4, 0.5) is 5.69 Å². The van der Waals surface area contributed by atoms with Crippen LogP contribution in [0.25, 0.3) is 5.76 Å². The first-order chi connectivity index (χ1) is 16.0. The number of primary amides is 1. The van der Waals surface area contributed by atoms with Gasteiger partial charge in [0.05, 0.1) is 17.3 Å². The monoisotopic (exact) mass is 469 g/mol. The minimum absolute atomic E-state index is 0.0852. The molecule has 1 saturated carbocycles. The number of benzene rings is 1. The van der Waals surface area contributed by atoms with E-state index < -0.39 is 58.0 Å². The van der Waals surface area contributed by atoms with Crippen LogP contribution in [0.1, 0.15) is 29.5 Å². The second-order valence-electron chi connectivity index (χ2n) is 9.79. The molecule has 10 nitrogen and oxygen atoms in total. The van der Waals surface area contributed by atoms with Crippen LogP contribution >= 0.6 is 0 Å². The van der Waals surface area contributed by atoms with Gasteiger partial charge in [0.25, 0.3) is 5.91 Å². The molecule has 3 aliphatic carbocycles. The van der Waals surface area contributed by atoms with Crippen LogP contribution < -0.4 is 11.1 Å². The number of likely N-dealkylation sites (N-methyl/N-ethyl adjacent to an activating group) is 1. The Bertz CT molecular complexity index is 1230. The smallest absolute Gasteiger partial charge is 0.255 e. The first kappa shape index (κ1) is 22.4. The van der Waals surface area contributed by atoms with Crippen molar-refractivity contribution in [2.24, 2.45) is 17.6 Å². The van der Waals surface area contributed by atoms with Crippen molar-refractivity contribution in [3.05, 3.63) is 39.7 Å². The van der Waals surface area contributed by atoms with E-state index in [2.05, 4.69) is 5.32 Å². The first-order valence-corrected chi connectivity index (χ1v) is 11.3. The summed E-state index contributed by atoms with van der Waals surface area (Å²) in [5, 5.41) is 47.7. The third-order valence-corrected chi connectivity index (χ3v) is 7.72. The number of hydrogen-bond acceptors (Lipinski definition) is 9. The number of carbonyl (C=O) groups is 3. The van der Waals surface area contributed by atoms with Gasteiger partial charge in [0.15, 0.2) is 11.4 Å². The Labute approximate surface area is 195 Å². The molecule has 180 valence electrons. The molecule has 5 rings (SSSR count). The van der Waals surface area contributed by atoms with Gasteiger partial charge in [-0.15, -0.1) is 0 Å². The first-order valence-electron chi connectivity index (χ1n) is 11.3. The number of amides is 1. The highest BCUT2D eigenvalue weighted by Gasteiger charge is 2.64. The summed E-state index contributed by atoms with van der Waals surface area (Å²) in [7, 11) is 3.15. The summed E-state index contributed by atoms with van der Waals surface area (Å²) in [5.74, 6) is -6.36. The van der Waals surface area contributed by atoms with Crippen molar-refractivity contribution in [3.8, 4) is 5.75 Å². The average molecular weight is 469 g/mol. The lowest BCUT2D eigenvalue weighted by Crippen LogP contribution is -2.65. The van der Waals surface area contributed by atoms with Crippen LogP contribution in [-0.2, 0) is 27.2 Å². The van der Waals surface area contributed by atoms with Gasteiger partial charge in [0.1, 0.15) is 22.8 Å². The van der Waals surface area contributed by atoms with Gasteiger partial charge in [-0.1, -0.05) is 6.07 Å². The second kappa shape index (κ2) is 7.31. The van der Waals surface area contributed by atoms with Gasteiger partial charge in [-0.05, 0) is 56.8 Å². The summed E-state index contributed by atoms with van der Waals surface area (Å²) in [6.07, 6.45) is 2.05. The van der Waals surface area contributed by atoms with Gasteiger partial charge in [0.2, 0.25) is 5.78 Å². The van der Waals surface area contributed by atoms with Crippen LogP contribution in [-0.4, -0.2) is 75.1 Å². The predicted octanol–water partition coefficient (Wildman–Crippen LogP) is 0.322. The molecule has 1 aliphatic heterocycles. The molecule has 0 saturated heterocycles. The Balaban J connectivity index is 1.73. The third-order valence-electron chi connectivity index (χ3n) is 7.72. The molecule has 1 heterocycles. The van der Waals surface area contributed by atoms with E-state index in [9.17, 15) is 34.8 Å². The highest BCUT2D eigenvalue weighted by molar-refractivity contribution is 6.24. The number of aliphatic hydroxyl groups is 3. The van der Waals surface area contributed by atoms with Crippen LogP contribution in [0.3, 0.4) is 0 Å². The minimum Gasteiger partial charge on any atom is -0.508 e. The topological polar surface area (TPSA) is 173 Å². The van der Waals surface area contributed by atoms with Gasteiger partial charge >= 0.3 is 0 Å². The number of phenolic OH excluding ortho intramolecular Hbond substituents is 1. The van der Waals surface area contributed by atoms with Crippen LogP contribution in [0, 0.1) is 11.8 Å². The molecule has 1 fully saturated rings. The van der Waals surface area contributed by atoms with Crippen molar-refractivity contribution in [1.29, 1.82) is 0 Å². The second-order valence-corrected chi connectivity index (χ2v) is 9.79. The van der Waals surface area contributed by atoms with E-state index in [0.29, 0.717) is 24.2 Å². The molecule has 34 heavy (non-hydrogen) atoms. The Morgan fingerprint density at radius 2 is 1.91 bits per heavy atom. The number of hydrogen-bond donors (Lipinski definition) is 6. The number of ketones is 2. The summed E-state index contributed by atoms with van der Waals surface area (Å²) >= 11 is 0. The largest absolute Gasteiger partial charge is 0.508 e. The SMILES string of the molecule is CN(C)[C@@H]1C(=O)C(C(N)=O)=C(O)[C@@]2(O)C(=O)C3=C(O)c4c(cc5c(c4O)NCCC5)C[C@H]3C[C@@H]12. The number of aromatic hydroxyl groups is 1. The summed E-state index contributed by atoms with van der Waals surface area (Å²) in [6, 6.07) is 0.825. The molecule has 4 aliphatic rings. The number of nitrogens with one attached hydrogen (secondary N) is 1. The van der Waals surface area contributed by atoms with E-state index >= 15 is 0 Å². The van der Waals surface area contributed by atoms with Crippen molar-refractivity contribution in [2.45, 2.75) is 37.3 Å². The molecule has 4 atom stereocenters. The van der Waals surface area contributed by atoms with E-state index in [1.807, 2.05) is 6.07 Å². The van der Waals surface area contributed by atoms with Gasteiger partial charge in [-0.2, -0.15) is 0 Å². The molecular weight excluding hydrogens is 442 g/mol. The van der Waals surface area contributed by atoms with Crippen LogP contribution in [0.2, 0.25) is 0 Å². The molecular formula is C24H27N3O7. The molecule has 1 amide bonds. The van der Waals surface area contributed by atoms with Gasteiger partial charge in [-0.3, -0.25) is 19.3 Å². The van der Waals surface area contributed by atoms with Crippen molar-refractivity contribution < 1.29 is 34.8 Å². The fourth-order valence-electron chi connectivity index (χ4n) is 6.25. The third kappa shape index (κ3) is 2.72. The highest BCUT2D eigenvalue weighted by Crippen LogP contribution is 2.53. The number of fused-ring (bicyclic) bond motifs is 4. The summed E-state index contributed by atoms with van der Waals surface area (Å²) in [4.78, 5) is 40.3. The molecule has 0 radical (unpaired) electrons. The maximum absolute atomic E-state index is 13.7. The predicted molar refractivity (Wildman–Crippen MR) is 121 cm³/mol.